The standard InChI is InChI=1S/C21H28N2O3S/c1-3-4-6-15-7-5-8-18(15)23-21(24)16-9-10-19(20(11-16)25-2)26-12-17-13-27-14-22-17/h9-11,13-15,18H,3-8,12H2,1-2H3,(H,23,24). The number of unbranched alkanes of at least 4 members (excludes halogenated alkanes) is 1. The molecule has 0 aliphatic heterocycles. The van der Waals surface area contributed by atoms with Crippen LogP contribution in [0.3, 0.4) is 0 Å². The molecule has 1 saturated carbocycles. The molecule has 0 bridgehead atoms. The smallest absolute Gasteiger partial charge is 0.251 e. The number of nitrogens with one attached hydrogen (secondary N) is 1. The summed E-state index contributed by atoms with van der Waals surface area (Å²) in [7, 11) is 1.59. The number of ether oxygens (including phenoxy) is 2. The fraction of sp³-hybridized carbons (Fsp3) is 0.524. The third-order valence-electron chi connectivity index (χ3n) is 5.19. The normalized spacial score (nSPS) is 19.0. The average Bonchev–Trinajstić information content (AvgIpc) is 3.36. The van der Waals surface area contributed by atoms with E-state index in [0.717, 1.165) is 12.1 Å². The molecule has 3 rings (SSSR count). The van der Waals surface area contributed by atoms with Crippen molar-refractivity contribution in [2.75, 3.05) is 7.11 Å². The summed E-state index contributed by atoms with van der Waals surface area (Å²) in [5.41, 5.74) is 3.26. The lowest BCUT2D eigenvalue weighted by Gasteiger charge is -2.21. The van der Waals surface area contributed by atoms with Crippen molar-refractivity contribution < 1.29 is 14.3 Å². The van der Waals surface area contributed by atoms with Gasteiger partial charge in [-0.25, -0.2) is 4.98 Å². The maximum absolute atomic E-state index is 12.7. The molecule has 1 fully saturated rings. The van der Waals surface area contributed by atoms with Gasteiger partial charge in [0.15, 0.2) is 11.5 Å². The van der Waals surface area contributed by atoms with E-state index in [4.69, 9.17) is 9.47 Å². The maximum Gasteiger partial charge on any atom is 0.251 e. The van der Waals surface area contributed by atoms with Gasteiger partial charge in [0.2, 0.25) is 0 Å². The van der Waals surface area contributed by atoms with Crippen LogP contribution in [0.4, 0.5) is 0 Å². The molecule has 146 valence electrons. The summed E-state index contributed by atoms with van der Waals surface area (Å²) in [6.45, 7) is 2.60. The van der Waals surface area contributed by atoms with Crippen LogP contribution in [0.2, 0.25) is 0 Å². The predicted octanol–water partition coefficient (Wildman–Crippen LogP) is 4.82. The van der Waals surface area contributed by atoms with E-state index in [2.05, 4.69) is 17.2 Å². The Morgan fingerprint density at radius 3 is 2.96 bits per heavy atom. The quantitative estimate of drug-likeness (QED) is 0.669. The molecule has 5 nitrogen and oxygen atoms in total. The Morgan fingerprint density at radius 1 is 1.33 bits per heavy atom. The fourth-order valence-corrected chi connectivity index (χ4v) is 4.22. The Bertz CT molecular complexity index is 733. The minimum atomic E-state index is -0.0345. The second-order valence-corrected chi connectivity index (χ2v) is 7.77. The van der Waals surface area contributed by atoms with Crippen LogP contribution in [-0.2, 0) is 6.61 Å². The fourth-order valence-electron chi connectivity index (χ4n) is 3.68. The van der Waals surface area contributed by atoms with Gasteiger partial charge in [0.1, 0.15) is 6.61 Å². The van der Waals surface area contributed by atoms with E-state index in [1.54, 1.807) is 30.8 Å². The Hall–Kier alpha value is -2.08. The number of methoxy groups -OCH3 is 1. The highest BCUT2D eigenvalue weighted by molar-refractivity contribution is 7.07. The summed E-state index contributed by atoms with van der Waals surface area (Å²) in [5.74, 6) is 1.75. The van der Waals surface area contributed by atoms with Crippen molar-refractivity contribution in [2.45, 2.75) is 58.1 Å². The summed E-state index contributed by atoms with van der Waals surface area (Å²) in [6.07, 6.45) is 7.14. The van der Waals surface area contributed by atoms with Gasteiger partial charge in [-0.1, -0.05) is 26.2 Å². The largest absolute Gasteiger partial charge is 0.493 e. The van der Waals surface area contributed by atoms with E-state index in [1.165, 1.54) is 43.4 Å². The first-order chi connectivity index (χ1) is 13.2. The molecule has 2 atom stereocenters. The van der Waals surface area contributed by atoms with E-state index >= 15 is 0 Å². The molecule has 1 aromatic heterocycles. The van der Waals surface area contributed by atoms with Crippen molar-refractivity contribution in [3.8, 4) is 11.5 Å². The second kappa shape index (κ2) is 9.74. The van der Waals surface area contributed by atoms with Crippen LogP contribution < -0.4 is 14.8 Å². The van der Waals surface area contributed by atoms with Crippen LogP contribution in [0.15, 0.2) is 29.1 Å². The third kappa shape index (κ3) is 5.22. The van der Waals surface area contributed by atoms with Crippen molar-refractivity contribution >= 4 is 17.2 Å². The molecule has 1 N–H and O–H groups in total. The van der Waals surface area contributed by atoms with Gasteiger partial charge in [-0.3, -0.25) is 4.79 Å². The molecule has 1 aliphatic carbocycles. The minimum Gasteiger partial charge on any atom is -0.493 e. The van der Waals surface area contributed by atoms with Crippen LogP contribution in [0.5, 0.6) is 11.5 Å². The number of thiazole rings is 1. The van der Waals surface area contributed by atoms with E-state index in [1.807, 2.05) is 5.38 Å². The Labute approximate surface area is 165 Å². The monoisotopic (exact) mass is 388 g/mol. The lowest BCUT2D eigenvalue weighted by Crippen LogP contribution is -2.37. The number of carbonyl (C=O) groups excluding carboxylic acids is 1. The van der Waals surface area contributed by atoms with Crippen molar-refractivity contribution in [2.24, 2.45) is 5.92 Å². The van der Waals surface area contributed by atoms with Gasteiger partial charge in [0, 0.05) is 17.0 Å². The number of amides is 1. The van der Waals surface area contributed by atoms with E-state index < -0.39 is 0 Å². The minimum absolute atomic E-state index is 0.0345. The SMILES string of the molecule is CCCCC1CCCC1NC(=O)c1ccc(OCc2cscn2)c(OC)c1. The lowest BCUT2D eigenvalue weighted by molar-refractivity contribution is 0.0926. The molecule has 1 aliphatic rings. The molecule has 2 unspecified atom stereocenters. The Kier molecular flexibility index (Phi) is 7.10. The summed E-state index contributed by atoms with van der Waals surface area (Å²) in [6, 6.07) is 5.63. The van der Waals surface area contributed by atoms with Crippen molar-refractivity contribution in [1.29, 1.82) is 0 Å². The number of benzene rings is 1. The molecule has 0 spiro atoms. The predicted molar refractivity (Wildman–Crippen MR) is 108 cm³/mol. The number of rotatable bonds is 9. The average molecular weight is 389 g/mol. The van der Waals surface area contributed by atoms with Crippen molar-refractivity contribution in [3.05, 3.63) is 40.3 Å². The molecule has 6 heteroatoms. The Balaban J connectivity index is 1.62. The van der Waals surface area contributed by atoms with Gasteiger partial charge < -0.3 is 14.8 Å². The Morgan fingerprint density at radius 2 is 2.22 bits per heavy atom. The highest BCUT2D eigenvalue weighted by Crippen LogP contribution is 2.31. The first-order valence-electron chi connectivity index (χ1n) is 9.70. The number of nitrogens with zero attached hydrogens (tertiary/aromatic N) is 1. The number of hydrogen-bond donors (Lipinski definition) is 1. The highest BCUT2D eigenvalue weighted by Gasteiger charge is 2.28. The van der Waals surface area contributed by atoms with Gasteiger partial charge in [-0.15, -0.1) is 11.3 Å². The van der Waals surface area contributed by atoms with Gasteiger partial charge >= 0.3 is 0 Å². The molecular weight excluding hydrogens is 360 g/mol. The maximum atomic E-state index is 12.7. The number of carbonyl (C=O) groups is 1. The summed E-state index contributed by atoms with van der Waals surface area (Å²) in [5, 5.41) is 5.18. The topological polar surface area (TPSA) is 60.5 Å². The van der Waals surface area contributed by atoms with E-state index in [0.29, 0.717) is 29.6 Å². The first kappa shape index (κ1) is 19.7. The molecular formula is C21H28N2O3S. The summed E-state index contributed by atoms with van der Waals surface area (Å²) >= 11 is 1.54. The zero-order chi connectivity index (χ0) is 19.1. The highest BCUT2D eigenvalue weighted by atomic mass is 32.1. The second-order valence-electron chi connectivity index (χ2n) is 7.05. The van der Waals surface area contributed by atoms with Crippen LogP contribution >= 0.6 is 11.3 Å². The molecule has 0 radical (unpaired) electrons. The zero-order valence-electron chi connectivity index (χ0n) is 16.1. The molecule has 1 aromatic carbocycles. The van der Waals surface area contributed by atoms with E-state index in [9.17, 15) is 4.79 Å². The zero-order valence-corrected chi connectivity index (χ0v) is 16.9. The number of aromatic nitrogens is 1. The molecule has 0 saturated heterocycles. The van der Waals surface area contributed by atoms with Crippen LogP contribution in [0, 0.1) is 5.92 Å². The molecule has 1 amide bonds. The molecule has 27 heavy (non-hydrogen) atoms. The first-order valence-corrected chi connectivity index (χ1v) is 10.6. The van der Waals surface area contributed by atoms with Gasteiger partial charge in [-0.05, 0) is 43.4 Å². The number of hydrogen-bond acceptors (Lipinski definition) is 5. The molecule has 1 heterocycles. The van der Waals surface area contributed by atoms with Crippen molar-refractivity contribution in [3.63, 3.8) is 0 Å². The van der Waals surface area contributed by atoms with Gasteiger partial charge in [0.25, 0.3) is 5.91 Å². The molecule has 2 aromatic rings. The summed E-state index contributed by atoms with van der Waals surface area (Å²) < 4.78 is 11.2. The van der Waals surface area contributed by atoms with Gasteiger partial charge in [-0.2, -0.15) is 0 Å². The third-order valence-corrected chi connectivity index (χ3v) is 5.82. The summed E-state index contributed by atoms with van der Waals surface area (Å²) in [4.78, 5) is 16.9. The van der Waals surface area contributed by atoms with Crippen LogP contribution in [-0.4, -0.2) is 24.0 Å². The van der Waals surface area contributed by atoms with Gasteiger partial charge in [0.05, 0.1) is 18.3 Å². The van der Waals surface area contributed by atoms with Crippen LogP contribution in [0.25, 0.3) is 0 Å². The lowest BCUT2D eigenvalue weighted by atomic mass is 9.96. The van der Waals surface area contributed by atoms with Crippen LogP contribution in [0.1, 0.15) is 61.5 Å². The van der Waals surface area contributed by atoms with E-state index in [-0.39, 0.29) is 11.9 Å². The van der Waals surface area contributed by atoms with Crippen molar-refractivity contribution in [1.82, 2.24) is 10.3 Å².